The maximum absolute atomic E-state index is 12.1. The van der Waals surface area contributed by atoms with Gasteiger partial charge in [0.2, 0.25) is 10.0 Å². The first-order valence-electron chi connectivity index (χ1n) is 5.71. The molecule has 110 valence electrons. The lowest BCUT2D eigenvalue weighted by atomic mass is 10.2. The number of nitrogens with one attached hydrogen (secondary N) is 1. The van der Waals surface area contributed by atoms with Crippen molar-refractivity contribution in [1.29, 1.82) is 0 Å². The number of sulfonamides is 1. The molecule has 1 amide bonds. The predicted octanol–water partition coefficient (Wildman–Crippen LogP) is 1.95. The van der Waals surface area contributed by atoms with E-state index in [-0.39, 0.29) is 26.9 Å². The summed E-state index contributed by atoms with van der Waals surface area (Å²) < 4.78 is 22.6. The Bertz CT molecular complexity index is 806. The standard InChI is InChI=1S/C13H11ClN2O4S/c14-10-6-5-8(21(15,19)20)7-9(10)13(18)16-11-3-1-2-4-12(11)17/h1-7,17H,(H,16,18)(H2,15,19,20). The van der Waals surface area contributed by atoms with Crippen LogP contribution in [0.2, 0.25) is 5.02 Å². The van der Waals surface area contributed by atoms with E-state index in [2.05, 4.69) is 5.32 Å². The Labute approximate surface area is 126 Å². The number of phenols is 1. The molecule has 0 radical (unpaired) electrons. The monoisotopic (exact) mass is 326 g/mol. The Kier molecular flexibility index (Phi) is 4.17. The zero-order valence-corrected chi connectivity index (χ0v) is 12.1. The summed E-state index contributed by atoms with van der Waals surface area (Å²) in [6, 6.07) is 9.66. The second-order valence-corrected chi connectivity index (χ2v) is 6.13. The van der Waals surface area contributed by atoms with Gasteiger partial charge >= 0.3 is 0 Å². The van der Waals surface area contributed by atoms with E-state index >= 15 is 0 Å². The predicted molar refractivity (Wildman–Crippen MR) is 78.9 cm³/mol. The van der Waals surface area contributed by atoms with Gasteiger partial charge in [-0.3, -0.25) is 4.79 Å². The molecule has 0 aliphatic heterocycles. The number of para-hydroxylation sites is 2. The van der Waals surface area contributed by atoms with Gasteiger partial charge < -0.3 is 10.4 Å². The largest absolute Gasteiger partial charge is 0.506 e. The smallest absolute Gasteiger partial charge is 0.257 e. The summed E-state index contributed by atoms with van der Waals surface area (Å²) in [4.78, 5) is 11.9. The number of halogens is 1. The van der Waals surface area contributed by atoms with E-state index in [1.54, 1.807) is 12.1 Å². The van der Waals surface area contributed by atoms with Crippen molar-refractivity contribution in [1.82, 2.24) is 0 Å². The first-order chi connectivity index (χ1) is 9.79. The molecule has 0 bridgehead atoms. The van der Waals surface area contributed by atoms with Crippen LogP contribution in [0.5, 0.6) is 5.75 Å². The molecule has 0 aromatic heterocycles. The zero-order valence-electron chi connectivity index (χ0n) is 10.6. The fraction of sp³-hybridized carbons (Fsp3) is 0. The molecule has 2 rings (SSSR count). The van der Waals surface area contributed by atoms with Crippen molar-refractivity contribution in [3.05, 3.63) is 53.1 Å². The van der Waals surface area contributed by atoms with Crippen LogP contribution in [-0.4, -0.2) is 19.4 Å². The maximum Gasteiger partial charge on any atom is 0.257 e. The number of anilines is 1. The Morgan fingerprint density at radius 2 is 1.86 bits per heavy atom. The minimum absolute atomic E-state index is 0.0635. The Balaban J connectivity index is 2.38. The van der Waals surface area contributed by atoms with E-state index in [1.807, 2.05) is 0 Å². The van der Waals surface area contributed by atoms with Gasteiger partial charge in [-0.25, -0.2) is 13.6 Å². The number of carbonyl (C=O) groups is 1. The number of nitrogens with two attached hydrogens (primary N) is 1. The molecule has 0 fully saturated rings. The molecule has 0 aliphatic rings. The minimum Gasteiger partial charge on any atom is -0.506 e. The Morgan fingerprint density at radius 1 is 1.19 bits per heavy atom. The molecule has 0 aliphatic carbocycles. The molecule has 0 saturated heterocycles. The summed E-state index contributed by atoms with van der Waals surface area (Å²) in [7, 11) is -3.94. The molecule has 21 heavy (non-hydrogen) atoms. The topological polar surface area (TPSA) is 109 Å². The number of rotatable bonds is 3. The number of aromatic hydroxyl groups is 1. The second kappa shape index (κ2) is 5.72. The van der Waals surface area contributed by atoms with Crippen molar-refractivity contribution in [3.8, 4) is 5.75 Å². The number of primary sulfonamides is 1. The molecule has 2 aromatic carbocycles. The third-order valence-electron chi connectivity index (χ3n) is 2.66. The van der Waals surface area contributed by atoms with E-state index in [0.717, 1.165) is 6.07 Å². The summed E-state index contributed by atoms with van der Waals surface area (Å²) in [5.41, 5.74) is 0.117. The molecule has 0 heterocycles. The van der Waals surface area contributed by atoms with Gasteiger partial charge in [0, 0.05) is 0 Å². The SMILES string of the molecule is NS(=O)(=O)c1ccc(Cl)c(C(=O)Nc2ccccc2O)c1. The van der Waals surface area contributed by atoms with E-state index in [1.165, 1.54) is 24.3 Å². The molecule has 0 unspecified atom stereocenters. The fourth-order valence-corrected chi connectivity index (χ4v) is 2.37. The number of phenolic OH excluding ortho intramolecular Hbond substituents is 1. The summed E-state index contributed by atoms with van der Waals surface area (Å²) in [6.07, 6.45) is 0. The van der Waals surface area contributed by atoms with Gasteiger partial charge in [-0.15, -0.1) is 0 Å². The van der Waals surface area contributed by atoms with Gasteiger partial charge in [0.25, 0.3) is 5.91 Å². The normalized spacial score (nSPS) is 11.1. The maximum atomic E-state index is 12.1. The van der Waals surface area contributed by atoms with Crippen LogP contribution < -0.4 is 10.5 Å². The molecule has 6 nitrogen and oxygen atoms in total. The van der Waals surface area contributed by atoms with E-state index < -0.39 is 15.9 Å². The average molecular weight is 327 g/mol. The molecule has 0 atom stereocenters. The molecule has 8 heteroatoms. The Morgan fingerprint density at radius 3 is 2.48 bits per heavy atom. The summed E-state index contributed by atoms with van der Waals surface area (Å²) >= 11 is 5.89. The zero-order chi connectivity index (χ0) is 15.6. The van der Waals surface area contributed by atoms with Crippen molar-refractivity contribution in [2.45, 2.75) is 4.90 Å². The van der Waals surface area contributed by atoms with Gasteiger partial charge in [-0.2, -0.15) is 0 Å². The Hall–Kier alpha value is -2.09. The molecule has 4 N–H and O–H groups in total. The summed E-state index contributed by atoms with van der Waals surface area (Å²) in [5.74, 6) is -0.781. The number of carbonyl (C=O) groups excluding carboxylic acids is 1. The lowest BCUT2D eigenvalue weighted by molar-refractivity contribution is 0.102. The van der Waals surface area contributed by atoms with Crippen LogP contribution in [0, 0.1) is 0 Å². The van der Waals surface area contributed by atoms with Crippen molar-refractivity contribution >= 4 is 33.2 Å². The first kappa shape index (κ1) is 15.3. The highest BCUT2D eigenvalue weighted by molar-refractivity contribution is 7.89. The van der Waals surface area contributed by atoms with Gasteiger partial charge in [0.1, 0.15) is 5.75 Å². The first-order valence-corrected chi connectivity index (χ1v) is 7.63. The third kappa shape index (κ3) is 3.52. The van der Waals surface area contributed by atoms with Gasteiger partial charge in [0.15, 0.2) is 0 Å². The van der Waals surface area contributed by atoms with Crippen molar-refractivity contribution in [2.24, 2.45) is 5.14 Å². The van der Waals surface area contributed by atoms with Crippen molar-refractivity contribution < 1.29 is 18.3 Å². The summed E-state index contributed by atoms with van der Waals surface area (Å²) in [5, 5.41) is 17.1. The summed E-state index contributed by atoms with van der Waals surface area (Å²) in [6.45, 7) is 0. The van der Waals surface area contributed by atoms with Crippen LogP contribution in [0.1, 0.15) is 10.4 Å². The van der Waals surface area contributed by atoms with Crippen LogP contribution in [0.15, 0.2) is 47.4 Å². The number of hydrogen-bond acceptors (Lipinski definition) is 4. The van der Waals surface area contributed by atoms with Crippen LogP contribution in [-0.2, 0) is 10.0 Å². The molecule has 0 spiro atoms. The van der Waals surface area contributed by atoms with Gasteiger partial charge in [-0.1, -0.05) is 23.7 Å². The lowest BCUT2D eigenvalue weighted by Crippen LogP contribution is -2.16. The quantitative estimate of drug-likeness (QED) is 0.749. The minimum atomic E-state index is -3.94. The van der Waals surface area contributed by atoms with E-state index in [9.17, 15) is 18.3 Å². The fourth-order valence-electron chi connectivity index (χ4n) is 1.62. The third-order valence-corrected chi connectivity index (χ3v) is 3.90. The van der Waals surface area contributed by atoms with E-state index in [4.69, 9.17) is 16.7 Å². The van der Waals surface area contributed by atoms with Crippen LogP contribution in [0.4, 0.5) is 5.69 Å². The van der Waals surface area contributed by atoms with Crippen LogP contribution in [0.25, 0.3) is 0 Å². The number of benzene rings is 2. The van der Waals surface area contributed by atoms with Crippen LogP contribution >= 0.6 is 11.6 Å². The lowest BCUT2D eigenvalue weighted by Gasteiger charge is -2.09. The van der Waals surface area contributed by atoms with Crippen molar-refractivity contribution in [3.63, 3.8) is 0 Å². The molecular weight excluding hydrogens is 316 g/mol. The van der Waals surface area contributed by atoms with Gasteiger partial charge in [0.05, 0.1) is 21.2 Å². The highest BCUT2D eigenvalue weighted by Gasteiger charge is 2.16. The molecular formula is C13H11ClN2O4S. The highest BCUT2D eigenvalue weighted by Crippen LogP contribution is 2.25. The molecule has 0 saturated carbocycles. The van der Waals surface area contributed by atoms with E-state index in [0.29, 0.717) is 0 Å². The average Bonchev–Trinajstić information content (AvgIpc) is 2.40. The number of hydrogen-bond donors (Lipinski definition) is 3. The number of amides is 1. The van der Waals surface area contributed by atoms with Gasteiger partial charge in [-0.05, 0) is 30.3 Å². The molecule has 2 aromatic rings. The second-order valence-electron chi connectivity index (χ2n) is 4.16. The highest BCUT2D eigenvalue weighted by atomic mass is 35.5. The van der Waals surface area contributed by atoms with Crippen LogP contribution in [0.3, 0.4) is 0 Å². The van der Waals surface area contributed by atoms with Crippen molar-refractivity contribution in [2.75, 3.05) is 5.32 Å².